The summed E-state index contributed by atoms with van der Waals surface area (Å²) in [6, 6.07) is 9.38. The van der Waals surface area contributed by atoms with Crippen molar-refractivity contribution in [2.75, 3.05) is 24.6 Å². The number of hydrogen-bond acceptors (Lipinski definition) is 4. The van der Waals surface area contributed by atoms with Gasteiger partial charge in [0.1, 0.15) is 18.0 Å². The van der Waals surface area contributed by atoms with Crippen molar-refractivity contribution in [3.8, 4) is 0 Å². The summed E-state index contributed by atoms with van der Waals surface area (Å²) in [5.41, 5.74) is 0.900. The quantitative estimate of drug-likeness (QED) is 0.815. The lowest BCUT2D eigenvalue weighted by Crippen LogP contribution is -2.68. The largest absolute Gasteiger partial charge is 0.361 e. The Morgan fingerprint density at radius 2 is 1.96 bits per heavy atom. The third-order valence-electron chi connectivity index (χ3n) is 5.55. The van der Waals surface area contributed by atoms with E-state index in [1.807, 2.05) is 19.1 Å². The van der Waals surface area contributed by atoms with Crippen LogP contribution in [0.1, 0.15) is 18.9 Å². The van der Waals surface area contributed by atoms with Gasteiger partial charge in [-0.1, -0.05) is 0 Å². The van der Waals surface area contributed by atoms with Crippen molar-refractivity contribution in [3.63, 3.8) is 0 Å². The number of aromatic nitrogens is 1. The first-order valence-corrected chi connectivity index (χ1v) is 9.34. The van der Waals surface area contributed by atoms with Gasteiger partial charge >= 0.3 is 0 Å². The lowest BCUT2D eigenvalue weighted by molar-refractivity contribution is -0.158. The van der Waals surface area contributed by atoms with Crippen molar-refractivity contribution in [1.29, 1.82) is 0 Å². The van der Waals surface area contributed by atoms with Crippen LogP contribution < -0.4 is 4.90 Å². The Bertz CT molecular complexity index is 874. The smallest absolute Gasteiger partial charge is 0.253 e. The molecular weight excluding hydrogens is 361 g/mol. The fraction of sp³-hybridized carbons (Fsp3) is 0.381. The lowest BCUT2D eigenvalue weighted by Gasteiger charge is -2.52. The molecule has 2 atom stereocenters. The molecule has 2 aliphatic rings. The number of piperidine rings is 1. The van der Waals surface area contributed by atoms with E-state index in [-0.39, 0.29) is 30.3 Å². The second kappa shape index (κ2) is 7.31. The molecule has 1 aromatic heterocycles. The monoisotopic (exact) mass is 383 g/mol. The molecule has 0 radical (unpaired) electrons. The van der Waals surface area contributed by atoms with Crippen LogP contribution in [-0.4, -0.2) is 53.0 Å². The van der Waals surface area contributed by atoms with E-state index >= 15 is 0 Å². The molecule has 7 heteroatoms. The zero-order valence-electron chi connectivity index (χ0n) is 15.7. The minimum atomic E-state index is -0.672. The van der Waals surface area contributed by atoms with Crippen LogP contribution >= 0.6 is 0 Å². The molecule has 2 aliphatic heterocycles. The highest BCUT2D eigenvalue weighted by molar-refractivity contribution is 5.96. The van der Waals surface area contributed by atoms with E-state index in [0.717, 1.165) is 5.56 Å². The topological polar surface area (TPSA) is 62.7 Å². The van der Waals surface area contributed by atoms with Gasteiger partial charge in [0, 0.05) is 24.6 Å². The number of likely N-dealkylation sites (tertiary alicyclic amines) is 1. The standard InChI is InChI=1S/C21H22FN3O3/c1-21-14-24(19(26)12-15-6-9-23-10-7-15)11-8-18(21)25(20(27)13-28-21)17-4-2-16(22)3-5-17/h2-7,9-10,18H,8,11-14H2,1H3/t18-,21-/m1/s1. The highest BCUT2D eigenvalue weighted by atomic mass is 19.1. The Balaban J connectivity index is 1.52. The first-order valence-electron chi connectivity index (χ1n) is 9.34. The Kier molecular flexibility index (Phi) is 4.85. The van der Waals surface area contributed by atoms with Crippen molar-refractivity contribution in [2.24, 2.45) is 0 Å². The van der Waals surface area contributed by atoms with Crippen molar-refractivity contribution in [3.05, 3.63) is 60.2 Å². The Labute approximate surface area is 162 Å². The molecule has 1 aromatic carbocycles. The van der Waals surface area contributed by atoms with Gasteiger partial charge in [0.25, 0.3) is 5.91 Å². The second-order valence-electron chi connectivity index (χ2n) is 7.49. The summed E-state index contributed by atoms with van der Waals surface area (Å²) in [7, 11) is 0. The zero-order chi connectivity index (χ0) is 19.7. The van der Waals surface area contributed by atoms with Gasteiger partial charge in [0.05, 0.1) is 19.0 Å². The van der Waals surface area contributed by atoms with Crippen LogP contribution in [0.5, 0.6) is 0 Å². The number of ether oxygens (including phenoxy) is 1. The van der Waals surface area contributed by atoms with Crippen LogP contribution in [0.15, 0.2) is 48.8 Å². The van der Waals surface area contributed by atoms with Gasteiger partial charge in [-0.25, -0.2) is 4.39 Å². The summed E-state index contributed by atoms with van der Waals surface area (Å²) < 4.78 is 19.2. The number of pyridine rings is 1. The number of amides is 2. The first-order chi connectivity index (χ1) is 13.5. The first kappa shape index (κ1) is 18.6. The number of hydrogen-bond donors (Lipinski definition) is 0. The molecular formula is C21H22FN3O3. The second-order valence-corrected chi connectivity index (χ2v) is 7.49. The van der Waals surface area contributed by atoms with E-state index in [0.29, 0.717) is 31.6 Å². The van der Waals surface area contributed by atoms with Crippen molar-refractivity contribution < 1.29 is 18.7 Å². The average molecular weight is 383 g/mol. The zero-order valence-corrected chi connectivity index (χ0v) is 15.7. The van der Waals surface area contributed by atoms with Crippen LogP contribution in [0.2, 0.25) is 0 Å². The third-order valence-corrected chi connectivity index (χ3v) is 5.55. The molecule has 0 aliphatic carbocycles. The van der Waals surface area contributed by atoms with Crippen molar-refractivity contribution in [1.82, 2.24) is 9.88 Å². The SMILES string of the molecule is C[C@@]12CN(C(=O)Cc3ccncc3)CC[C@H]1N(c1ccc(F)cc1)C(=O)CO2. The molecule has 3 heterocycles. The number of anilines is 1. The summed E-state index contributed by atoms with van der Waals surface area (Å²) in [5.74, 6) is -0.464. The normalized spacial score (nSPS) is 24.8. The van der Waals surface area contributed by atoms with Gasteiger partial charge in [0.2, 0.25) is 5.91 Å². The van der Waals surface area contributed by atoms with E-state index in [1.54, 1.807) is 34.3 Å². The molecule has 0 unspecified atom stereocenters. The van der Waals surface area contributed by atoms with Crippen molar-refractivity contribution in [2.45, 2.75) is 31.4 Å². The fourth-order valence-corrected chi connectivity index (χ4v) is 4.09. The highest BCUT2D eigenvalue weighted by Gasteiger charge is 2.50. The molecule has 0 saturated carbocycles. The molecule has 0 N–H and O–H groups in total. The Morgan fingerprint density at radius 1 is 1.25 bits per heavy atom. The summed E-state index contributed by atoms with van der Waals surface area (Å²) in [5, 5.41) is 0. The minimum absolute atomic E-state index is 0.0275. The minimum Gasteiger partial charge on any atom is -0.361 e. The Morgan fingerprint density at radius 3 is 2.68 bits per heavy atom. The number of rotatable bonds is 3. The van der Waals surface area contributed by atoms with Gasteiger partial charge in [0.15, 0.2) is 0 Å². The van der Waals surface area contributed by atoms with Crippen LogP contribution in [0.3, 0.4) is 0 Å². The third kappa shape index (κ3) is 3.49. The summed E-state index contributed by atoms with van der Waals surface area (Å²) in [4.78, 5) is 32.8. The number of benzene rings is 1. The maximum absolute atomic E-state index is 13.3. The maximum atomic E-state index is 13.3. The number of halogens is 1. The van der Waals surface area contributed by atoms with E-state index in [9.17, 15) is 14.0 Å². The van der Waals surface area contributed by atoms with Gasteiger partial charge in [-0.15, -0.1) is 0 Å². The number of morpholine rings is 1. The molecule has 146 valence electrons. The fourth-order valence-electron chi connectivity index (χ4n) is 4.09. The van der Waals surface area contributed by atoms with Gasteiger partial charge in [-0.05, 0) is 55.3 Å². The highest BCUT2D eigenvalue weighted by Crippen LogP contribution is 2.36. The molecule has 2 saturated heterocycles. The summed E-state index contributed by atoms with van der Waals surface area (Å²) in [6.07, 6.45) is 4.25. The van der Waals surface area contributed by atoms with Crippen LogP contribution in [0.25, 0.3) is 0 Å². The number of nitrogens with zero attached hydrogens (tertiary/aromatic N) is 3. The van der Waals surface area contributed by atoms with Crippen LogP contribution in [0, 0.1) is 5.82 Å². The lowest BCUT2D eigenvalue weighted by atomic mass is 9.85. The van der Waals surface area contributed by atoms with E-state index < -0.39 is 5.60 Å². The predicted molar refractivity (Wildman–Crippen MR) is 101 cm³/mol. The summed E-state index contributed by atoms with van der Waals surface area (Å²) in [6.45, 7) is 2.83. The van der Waals surface area contributed by atoms with Gasteiger partial charge in [-0.3, -0.25) is 14.6 Å². The number of carbonyl (C=O) groups is 2. The molecule has 0 bridgehead atoms. The predicted octanol–water partition coefficient (Wildman–Crippen LogP) is 2.19. The number of carbonyl (C=O) groups excluding carboxylic acids is 2. The van der Waals surface area contributed by atoms with Crippen LogP contribution in [-0.2, 0) is 20.7 Å². The molecule has 2 amide bonds. The number of fused-ring (bicyclic) bond motifs is 1. The molecule has 0 spiro atoms. The van der Waals surface area contributed by atoms with E-state index in [4.69, 9.17) is 4.74 Å². The maximum Gasteiger partial charge on any atom is 0.253 e. The van der Waals surface area contributed by atoms with Crippen molar-refractivity contribution >= 4 is 17.5 Å². The molecule has 2 aromatic rings. The molecule has 28 heavy (non-hydrogen) atoms. The van der Waals surface area contributed by atoms with Gasteiger partial charge in [-0.2, -0.15) is 0 Å². The van der Waals surface area contributed by atoms with Crippen LogP contribution in [0.4, 0.5) is 10.1 Å². The average Bonchev–Trinajstić information content (AvgIpc) is 2.69. The molecule has 6 nitrogen and oxygen atoms in total. The van der Waals surface area contributed by atoms with E-state index in [1.165, 1.54) is 12.1 Å². The summed E-state index contributed by atoms with van der Waals surface area (Å²) >= 11 is 0. The van der Waals surface area contributed by atoms with Gasteiger partial charge < -0.3 is 14.5 Å². The Hall–Kier alpha value is -2.80. The molecule has 2 fully saturated rings. The van der Waals surface area contributed by atoms with E-state index in [2.05, 4.69) is 4.98 Å². The molecule has 4 rings (SSSR count).